The van der Waals surface area contributed by atoms with E-state index < -0.39 is 0 Å². The number of carbonyl (C=O) groups is 1. The first-order chi connectivity index (χ1) is 12.8. The van der Waals surface area contributed by atoms with Gasteiger partial charge in [0.15, 0.2) is 0 Å². The van der Waals surface area contributed by atoms with Crippen molar-refractivity contribution in [2.45, 2.75) is 92.1 Å². The van der Waals surface area contributed by atoms with Gasteiger partial charge in [-0.25, -0.2) is 0 Å². The zero-order valence-electron chi connectivity index (χ0n) is 18.2. The van der Waals surface area contributed by atoms with E-state index in [1.165, 1.54) is 38.5 Å². The lowest BCUT2D eigenvalue weighted by Gasteiger charge is -2.40. The molecule has 5 aliphatic rings. The molecule has 0 aromatic carbocycles. The Balaban J connectivity index is 1.31. The first-order valence-corrected chi connectivity index (χ1v) is 12.0. The van der Waals surface area contributed by atoms with Gasteiger partial charge in [-0.2, -0.15) is 0 Å². The molecule has 0 amide bonds. The first kappa shape index (κ1) is 18.5. The summed E-state index contributed by atoms with van der Waals surface area (Å²) in [4.78, 5) is 13.3. The fourth-order valence-electron chi connectivity index (χ4n) is 9.20. The topological polar surface area (TPSA) is 26.3 Å². The van der Waals surface area contributed by atoms with Crippen LogP contribution in [0.2, 0.25) is 0 Å². The average molecular weight is 373 g/mol. The Kier molecular flexibility index (Phi) is 4.10. The highest BCUT2D eigenvalue weighted by molar-refractivity contribution is 5.74. The number of rotatable bonds is 4. The summed E-state index contributed by atoms with van der Waals surface area (Å²) in [7, 11) is 0. The van der Waals surface area contributed by atoms with Crippen molar-refractivity contribution < 1.29 is 9.53 Å². The van der Waals surface area contributed by atoms with Gasteiger partial charge in [-0.3, -0.25) is 4.79 Å². The Bertz CT molecular complexity index is 624. The van der Waals surface area contributed by atoms with Crippen LogP contribution in [0.3, 0.4) is 0 Å². The molecule has 2 nitrogen and oxygen atoms in total. The van der Waals surface area contributed by atoms with Crippen LogP contribution in [0.15, 0.2) is 0 Å². The van der Waals surface area contributed by atoms with Crippen molar-refractivity contribution in [2.24, 2.45) is 58.2 Å². The predicted molar refractivity (Wildman–Crippen MR) is 108 cm³/mol. The maximum atomic E-state index is 13.3. The van der Waals surface area contributed by atoms with Crippen LogP contribution in [0.1, 0.15) is 86.0 Å². The third-order valence-electron chi connectivity index (χ3n) is 11.1. The zero-order valence-corrected chi connectivity index (χ0v) is 18.2. The minimum absolute atomic E-state index is 0.169. The summed E-state index contributed by atoms with van der Waals surface area (Å²) >= 11 is 0. The van der Waals surface area contributed by atoms with Crippen molar-refractivity contribution in [3.63, 3.8) is 0 Å². The Labute approximate surface area is 166 Å². The van der Waals surface area contributed by atoms with Crippen LogP contribution in [-0.2, 0) is 9.53 Å². The summed E-state index contributed by atoms with van der Waals surface area (Å²) in [6, 6.07) is 0. The van der Waals surface area contributed by atoms with E-state index in [9.17, 15) is 4.79 Å². The normalized spacial score (nSPS) is 54.5. The molecular formula is C25H40O2. The molecule has 0 aromatic heterocycles. The molecule has 0 heterocycles. The van der Waals surface area contributed by atoms with Gasteiger partial charge in [0.05, 0.1) is 5.92 Å². The van der Waals surface area contributed by atoms with E-state index in [1.54, 1.807) is 0 Å². The molecule has 10 atom stereocenters. The van der Waals surface area contributed by atoms with Gasteiger partial charge in [0, 0.05) is 5.41 Å². The molecule has 2 heteroatoms. The molecule has 5 aliphatic carbocycles. The molecule has 0 N–H and O–H groups in total. The number of carbonyl (C=O) groups excluding carboxylic acids is 1. The summed E-state index contributed by atoms with van der Waals surface area (Å²) in [5.41, 5.74) is 0.519. The van der Waals surface area contributed by atoms with Crippen molar-refractivity contribution in [3.8, 4) is 0 Å². The lowest BCUT2D eigenvalue weighted by Crippen LogP contribution is -2.41. The maximum Gasteiger partial charge on any atom is 0.309 e. The number of ether oxygens (including phenoxy) is 1. The third-order valence-corrected chi connectivity index (χ3v) is 11.1. The fraction of sp³-hybridized carbons (Fsp3) is 0.960. The van der Waals surface area contributed by atoms with Crippen molar-refractivity contribution in [1.29, 1.82) is 0 Å². The molecule has 5 saturated carbocycles. The largest absolute Gasteiger partial charge is 0.462 e. The number of esters is 1. The summed E-state index contributed by atoms with van der Waals surface area (Å²) in [6.07, 6.45) is 10.4. The van der Waals surface area contributed by atoms with E-state index in [-0.39, 0.29) is 23.4 Å². The molecule has 10 unspecified atom stereocenters. The van der Waals surface area contributed by atoms with Crippen LogP contribution in [0, 0.1) is 58.2 Å². The van der Waals surface area contributed by atoms with Crippen LogP contribution < -0.4 is 0 Å². The lowest BCUT2D eigenvalue weighted by atomic mass is 9.69. The highest BCUT2D eigenvalue weighted by atomic mass is 16.5. The quantitative estimate of drug-likeness (QED) is 0.558. The van der Waals surface area contributed by atoms with Crippen molar-refractivity contribution >= 4 is 5.97 Å². The van der Waals surface area contributed by atoms with Crippen molar-refractivity contribution in [1.82, 2.24) is 0 Å². The predicted octanol–water partition coefficient (Wildman–Crippen LogP) is 6.09. The minimum Gasteiger partial charge on any atom is -0.462 e. The summed E-state index contributed by atoms with van der Waals surface area (Å²) in [5, 5.41) is 0. The second kappa shape index (κ2) is 5.99. The molecule has 0 radical (unpaired) electrons. The van der Waals surface area contributed by atoms with Gasteiger partial charge in [-0.1, -0.05) is 47.5 Å². The van der Waals surface area contributed by atoms with E-state index in [1.807, 2.05) is 0 Å². The van der Waals surface area contributed by atoms with Gasteiger partial charge in [0.1, 0.15) is 6.10 Å². The minimum atomic E-state index is 0.169. The molecule has 0 spiro atoms. The fourth-order valence-corrected chi connectivity index (χ4v) is 9.20. The monoisotopic (exact) mass is 372 g/mol. The Morgan fingerprint density at radius 1 is 0.963 bits per heavy atom. The van der Waals surface area contributed by atoms with Gasteiger partial charge in [0.25, 0.3) is 0 Å². The average Bonchev–Trinajstić information content (AvgIpc) is 3.39. The molecule has 0 aliphatic heterocycles. The molecule has 5 fully saturated rings. The van der Waals surface area contributed by atoms with E-state index in [2.05, 4.69) is 34.6 Å². The van der Waals surface area contributed by atoms with Crippen LogP contribution >= 0.6 is 0 Å². The molecular weight excluding hydrogens is 332 g/mol. The molecule has 4 bridgehead atoms. The van der Waals surface area contributed by atoms with Crippen LogP contribution in [0.5, 0.6) is 0 Å². The first-order valence-electron chi connectivity index (χ1n) is 12.0. The Morgan fingerprint density at radius 2 is 1.67 bits per heavy atom. The molecule has 5 rings (SSSR count). The summed E-state index contributed by atoms with van der Waals surface area (Å²) < 4.78 is 6.35. The van der Waals surface area contributed by atoms with Gasteiger partial charge < -0.3 is 4.74 Å². The van der Waals surface area contributed by atoms with E-state index in [0.29, 0.717) is 11.3 Å². The molecule has 0 aromatic rings. The molecule has 152 valence electrons. The summed E-state index contributed by atoms with van der Waals surface area (Å²) in [5.74, 6) is 6.13. The van der Waals surface area contributed by atoms with Crippen molar-refractivity contribution in [2.75, 3.05) is 0 Å². The summed E-state index contributed by atoms with van der Waals surface area (Å²) in [6.45, 7) is 12.0. The van der Waals surface area contributed by atoms with Crippen LogP contribution in [-0.4, -0.2) is 12.1 Å². The number of fused-ring (bicyclic) bond motifs is 7. The second-order valence-electron chi connectivity index (χ2n) is 11.8. The van der Waals surface area contributed by atoms with Gasteiger partial charge >= 0.3 is 5.97 Å². The van der Waals surface area contributed by atoms with E-state index in [0.717, 1.165) is 48.3 Å². The van der Waals surface area contributed by atoms with Crippen LogP contribution in [0.4, 0.5) is 0 Å². The van der Waals surface area contributed by atoms with E-state index in [4.69, 9.17) is 4.74 Å². The number of hydrogen-bond acceptors (Lipinski definition) is 2. The highest BCUT2D eigenvalue weighted by Crippen LogP contribution is 2.68. The highest BCUT2D eigenvalue weighted by Gasteiger charge is 2.65. The zero-order chi connectivity index (χ0) is 19.1. The SMILES string of the molecule is CCC1CC(CC)C2C3CC(CC3C(=O)OC3CC4CCC3(C)C4(C)C)C12. The third kappa shape index (κ3) is 2.28. The van der Waals surface area contributed by atoms with Gasteiger partial charge in [-0.05, 0) is 85.4 Å². The van der Waals surface area contributed by atoms with Crippen LogP contribution in [0.25, 0.3) is 0 Å². The van der Waals surface area contributed by atoms with E-state index >= 15 is 0 Å². The lowest BCUT2D eigenvalue weighted by molar-refractivity contribution is -0.165. The molecule has 27 heavy (non-hydrogen) atoms. The maximum absolute atomic E-state index is 13.3. The Hall–Kier alpha value is -0.530. The number of hydrogen-bond donors (Lipinski definition) is 0. The standard InChI is InChI=1S/C25H40O2/c1-6-14-10-15(7-2)22-18-11-16(21(14)22)12-19(18)23(26)27-20-13-17-8-9-25(20,5)24(17,3)4/h14-22H,6-13H2,1-5H3. The van der Waals surface area contributed by atoms with Gasteiger partial charge in [-0.15, -0.1) is 0 Å². The smallest absolute Gasteiger partial charge is 0.309 e. The van der Waals surface area contributed by atoms with Crippen molar-refractivity contribution in [3.05, 3.63) is 0 Å². The second-order valence-corrected chi connectivity index (χ2v) is 11.8. The van der Waals surface area contributed by atoms with Gasteiger partial charge in [0.2, 0.25) is 0 Å². The Morgan fingerprint density at radius 3 is 2.26 bits per heavy atom. The molecule has 0 saturated heterocycles.